The van der Waals surface area contributed by atoms with Crippen LogP contribution in [0.25, 0.3) is 0 Å². The Kier molecular flexibility index (Phi) is 4.15. The number of nitrogens with one attached hydrogen (secondary N) is 1. The minimum absolute atomic E-state index is 0.127. The van der Waals surface area contributed by atoms with E-state index in [1.54, 1.807) is 11.8 Å². The Hall–Kier alpha value is -1.17. The van der Waals surface area contributed by atoms with Crippen LogP contribution in [0.4, 0.5) is 5.69 Å². The quantitative estimate of drug-likeness (QED) is 0.894. The van der Waals surface area contributed by atoms with Crippen molar-refractivity contribution >= 4 is 35.0 Å². The Morgan fingerprint density at radius 2 is 2.29 bits per heavy atom. The average Bonchev–Trinajstić information content (AvgIpc) is 3.26. The number of anilines is 1. The summed E-state index contributed by atoms with van der Waals surface area (Å²) in [4.78, 5) is 14.1. The maximum absolute atomic E-state index is 12.1. The molecule has 2 aliphatic rings. The van der Waals surface area contributed by atoms with Crippen molar-refractivity contribution < 1.29 is 4.79 Å². The molecule has 0 aromatic heterocycles. The smallest absolute Gasteiger partial charge is 0.225 e. The minimum Gasteiger partial charge on any atom is -0.326 e. The van der Waals surface area contributed by atoms with Gasteiger partial charge in [0.1, 0.15) is 0 Å². The van der Waals surface area contributed by atoms with Crippen LogP contribution in [0.5, 0.6) is 0 Å². The molecule has 1 saturated carbocycles. The van der Waals surface area contributed by atoms with E-state index in [-0.39, 0.29) is 17.3 Å². The lowest BCUT2D eigenvalue weighted by molar-refractivity contribution is -0.122. The maximum atomic E-state index is 12.1. The fourth-order valence-corrected chi connectivity index (χ4v) is 3.74. The van der Waals surface area contributed by atoms with Gasteiger partial charge in [-0.25, -0.2) is 0 Å². The van der Waals surface area contributed by atoms with Gasteiger partial charge in [-0.2, -0.15) is 0 Å². The van der Waals surface area contributed by atoms with Gasteiger partial charge < -0.3 is 16.0 Å². The normalized spacial score (nSPS) is 21.4. The first-order valence-electron chi connectivity index (χ1n) is 7.01. The van der Waals surface area contributed by atoms with Gasteiger partial charge in [0, 0.05) is 18.2 Å². The molecule has 1 aliphatic heterocycles. The van der Waals surface area contributed by atoms with Crippen LogP contribution in [0.3, 0.4) is 0 Å². The summed E-state index contributed by atoms with van der Waals surface area (Å²) < 4.78 is 0. The van der Waals surface area contributed by atoms with Crippen LogP contribution < -0.4 is 16.0 Å². The second-order valence-corrected chi connectivity index (χ2v) is 6.71. The zero-order chi connectivity index (χ0) is 15.0. The summed E-state index contributed by atoms with van der Waals surface area (Å²) in [5.41, 5.74) is 8.61. The van der Waals surface area contributed by atoms with E-state index in [1.807, 2.05) is 30.5 Å². The molecule has 1 unspecified atom stereocenters. The lowest BCUT2D eigenvalue weighted by atomic mass is 10.1. The van der Waals surface area contributed by atoms with Crippen molar-refractivity contribution in [3.63, 3.8) is 0 Å². The molecule has 1 aliphatic carbocycles. The van der Waals surface area contributed by atoms with Crippen LogP contribution in [0.2, 0.25) is 5.02 Å². The summed E-state index contributed by atoms with van der Waals surface area (Å²) in [5, 5.41) is 5.79. The van der Waals surface area contributed by atoms with E-state index in [2.05, 4.69) is 10.2 Å². The average molecular weight is 324 g/mol. The largest absolute Gasteiger partial charge is 0.326 e. The summed E-state index contributed by atoms with van der Waals surface area (Å²) in [5.74, 6) is 0.315. The van der Waals surface area contributed by atoms with E-state index in [1.165, 1.54) is 0 Å². The summed E-state index contributed by atoms with van der Waals surface area (Å²) in [7, 11) is 0. The van der Waals surface area contributed by atoms with Crippen molar-refractivity contribution in [3.05, 3.63) is 39.9 Å². The number of carbonyl (C=O) groups is 1. The molecule has 4 nitrogen and oxygen atoms in total. The second kappa shape index (κ2) is 5.91. The van der Waals surface area contributed by atoms with E-state index >= 15 is 0 Å². The molecule has 112 valence electrons. The van der Waals surface area contributed by atoms with Crippen LogP contribution in [0, 0.1) is 5.92 Å². The molecule has 0 bridgehead atoms. The fourth-order valence-electron chi connectivity index (χ4n) is 2.44. The van der Waals surface area contributed by atoms with Crippen molar-refractivity contribution in [3.8, 4) is 0 Å². The van der Waals surface area contributed by atoms with Crippen molar-refractivity contribution in [2.24, 2.45) is 11.7 Å². The molecule has 0 spiro atoms. The number of carbonyl (C=O) groups excluding carboxylic acids is 1. The zero-order valence-electron chi connectivity index (χ0n) is 11.8. The van der Waals surface area contributed by atoms with Gasteiger partial charge in [0.25, 0.3) is 0 Å². The molecule has 1 heterocycles. The molecule has 1 atom stereocenters. The molecular weight excluding hydrogens is 306 g/mol. The number of benzene rings is 1. The number of halogens is 1. The molecular formula is C15H18ClN3OS. The number of thioether (sulfide) groups is 1. The molecule has 1 aromatic rings. The van der Waals surface area contributed by atoms with Crippen molar-refractivity contribution in [2.45, 2.75) is 31.8 Å². The number of nitrogens with two attached hydrogens (primary N) is 1. The molecule has 21 heavy (non-hydrogen) atoms. The van der Waals surface area contributed by atoms with E-state index in [0.29, 0.717) is 11.6 Å². The monoisotopic (exact) mass is 323 g/mol. The summed E-state index contributed by atoms with van der Waals surface area (Å²) in [6.45, 7) is 2.42. The van der Waals surface area contributed by atoms with Gasteiger partial charge in [-0.15, -0.1) is 0 Å². The molecule has 3 N–H and O–H groups in total. The standard InChI is InChI=1S/C15H18ClN3OS/c1-9-8-21-15(18-14(20)10-5-6-10)19(9)13-11(7-17)3-2-4-12(13)16/h2-4,8,10,15H,5-7,17H2,1H3,(H,18,20). The van der Waals surface area contributed by atoms with Gasteiger partial charge in [-0.05, 0) is 36.8 Å². The first-order chi connectivity index (χ1) is 10.1. The van der Waals surface area contributed by atoms with Crippen LogP contribution in [-0.4, -0.2) is 11.4 Å². The van der Waals surface area contributed by atoms with E-state index in [4.69, 9.17) is 17.3 Å². The molecule has 0 radical (unpaired) electrons. The van der Waals surface area contributed by atoms with Crippen molar-refractivity contribution in [1.82, 2.24) is 5.32 Å². The molecule has 3 rings (SSSR count). The van der Waals surface area contributed by atoms with E-state index < -0.39 is 0 Å². The van der Waals surface area contributed by atoms with Gasteiger partial charge in [0.2, 0.25) is 5.91 Å². The number of para-hydroxylation sites is 1. The first-order valence-corrected chi connectivity index (χ1v) is 8.33. The highest BCUT2D eigenvalue weighted by atomic mass is 35.5. The highest BCUT2D eigenvalue weighted by Gasteiger charge is 2.35. The third kappa shape index (κ3) is 2.91. The van der Waals surface area contributed by atoms with E-state index in [0.717, 1.165) is 29.8 Å². The Morgan fingerprint density at radius 1 is 1.52 bits per heavy atom. The number of rotatable bonds is 4. The number of hydrogen-bond acceptors (Lipinski definition) is 4. The highest BCUT2D eigenvalue weighted by molar-refractivity contribution is 8.03. The Bertz CT molecular complexity index is 601. The maximum Gasteiger partial charge on any atom is 0.225 e. The Labute approximate surface area is 133 Å². The summed E-state index contributed by atoms with van der Waals surface area (Å²) in [6, 6.07) is 5.72. The van der Waals surface area contributed by atoms with Gasteiger partial charge in [0.15, 0.2) is 5.50 Å². The number of hydrogen-bond donors (Lipinski definition) is 2. The van der Waals surface area contributed by atoms with Crippen molar-refractivity contribution in [2.75, 3.05) is 4.90 Å². The Morgan fingerprint density at radius 3 is 2.95 bits per heavy atom. The topological polar surface area (TPSA) is 58.4 Å². The number of amides is 1. The molecule has 1 amide bonds. The fraction of sp³-hybridized carbons (Fsp3) is 0.400. The van der Waals surface area contributed by atoms with Gasteiger partial charge in [-0.1, -0.05) is 35.5 Å². The highest BCUT2D eigenvalue weighted by Crippen LogP contribution is 2.40. The lowest BCUT2D eigenvalue weighted by Crippen LogP contribution is -2.44. The second-order valence-electron chi connectivity index (χ2n) is 5.35. The third-order valence-corrected chi connectivity index (χ3v) is 5.10. The SMILES string of the molecule is CC1=CSC(NC(=O)C2CC2)N1c1c(Cl)cccc1CN. The summed E-state index contributed by atoms with van der Waals surface area (Å²) in [6.07, 6.45) is 1.99. The third-order valence-electron chi connectivity index (χ3n) is 3.73. The predicted molar refractivity (Wildman–Crippen MR) is 87.8 cm³/mol. The van der Waals surface area contributed by atoms with Gasteiger partial charge in [-0.3, -0.25) is 4.79 Å². The number of allylic oxidation sites excluding steroid dienone is 1. The van der Waals surface area contributed by atoms with Crippen molar-refractivity contribution in [1.29, 1.82) is 0 Å². The van der Waals surface area contributed by atoms with E-state index in [9.17, 15) is 4.79 Å². The molecule has 0 saturated heterocycles. The lowest BCUT2D eigenvalue weighted by Gasteiger charge is -2.31. The van der Waals surface area contributed by atoms with Crippen LogP contribution in [0.15, 0.2) is 29.3 Å². The first kappa shape index (κ1) is 14.8. The molecule has 1 aromatic carbocycles. The van der Waals surface area contributed by atoms with Crippen LogP contribution >= 0.6 is 23.4 Å². The predicted octanol–water partition coefficient (Wildman–Crippen LogP) is 3.02. The zero-order valence-corrected chi connectivity index (χ0v) is 13.4. The van der Waals surface area contributed by atoms with Crippen LogP contribution in [0.1, 0.15) is 25.3 Å². The van der Waals surface area contributed by atoms with Crippen LogP contribution in [-0.2, 0) is 11.3 Å². The molecule has 1 fully saturated rings. The minimum atomic E-state index is -0.150. The van der Waals surface area contributed by atoms with Gasteiger partial charge in [0.05, 0.1) is 10.7 Å². The molecule has 6 heteroatoms. The van der Waals surface area contributed by atoms with Gasteiger partial charge >= 0.3 is 0 Å². The summed E-state index contributed by atoms with van der Waals surface area (Å²) >= 11 is 7.97. The number of nitrogens with zero attached hydrogens (tertiary/aromatic N) is 1. The Balaban J connectivity index is 1.90.